The fourth-order valence-corrected chi connectivity index (χ4v) is 2.14. The monoisotopic (exact) mass is 369 g/mol. The summed E-state index contributed by atoms with van der Waals surface area (Å²) in [7, 11) is 0. The normalized spacial score (nSPS) is 13.3. The van der Waals surface area contributed by atoms with Crippen LogP contribution in [0.2, 0.25) is 0 Å². The maximum atomic E-state index is 12.5. The second-order valence-corrected chi connectivity index (χ2v) is 5.12. The molecule has 132 valence electrons. The Bertz CT molecular complexity index is 646. The first kappa shape index (κ1) is 20.3. The minimum absolute atomic E-state index is 0. The van der Waals surface area contributed by atoms with Crippen LogP contribution in [0.5, 0.6) is 0 Å². The number of nitrogens with two attached hydrogens (primary N) is 1. The number of benzene rings is 2. The van der Waals surface area contributed by atoms with Crippen molar-refractivity contribution in [3.63, 3.8) is 0 Å². The fourth-order valence-electron chi connectivity index (χ4n) is 2.14. The van der Waals surface area contributed by atoms with Crippen LogP contribution in [0.3, 0.4) is 0 Å². The number of hydrogen-bond donors (Lipinski definition) is 1. The van der Waals surface area contributed by atoms with Crippen LogP contribution in [0.25, 0.3) is 11.1 Å². The molecule has 0 aliphatic carbocycles. The average molecular weight is 370 g/mol. The summed E-state index contributed by atoms with van der Waals surface area (Å²) < 4.78 is 74.4. The van der Waals surface area contributed by atoms with Gasteiger partial charge in [-0.25, -0.2) is 0 Å². The Hall–Kier alpha value is -1.73. The fraction of sp³-hybridized carbons (Fsp3) is 0.250. The Morgan fingerprint density at radius 3 is 1.54 bits per heavy atom. The molecule has 1 nitrogen and oxygen atoms in total. The zero-order valence-electron chi connectivity index (χ0n) is 12.2. The molecule has 2 N–H and O–H groups in total. The number of alkyl halides is 6. The predicted octanol–water partition coefficient (Wildman–Crippen LogP) is 5.75. The van der Waals surface area contributed by atoms with Gasteiger partial charge in [0.05, 0.1) is 12.0 Å². The third kappa shape index (κ3) is 5.42. The lowest BCUT2D eigenvalue weighted by Gasteiger charge is -2.15. The Morgan fingerprint density at radius 1 is 0.750 bits per heavy atom. The van der Waals surface area contributed by atoms with Gasteiger partial charge in [0.15, 0.2) is 0 Å². The van der Waals surface area contributed by atoms with Gasteiger partial charge in [0.25, 0.3) is 0 Å². The SMILES string of the molecule is Cl.N[C@@H](CC(F)(F)F)c1ccc(-c2ccc(C(F)(F)F)cc2)cc1. The van der Waals surface area contributed by atoms with Crippen LogP contribution in [-0.2, 0) is 6.18 Å². The van der Waals surface area contributed by atoms with Gasteiger partial charge in [0, 0.05) is 6.04 Å². The van der Waals surface area contributed by atoms with E-state index in [0.717, 1.165) is 12.1 Å². The topological polar surface area (TPSA) is 26.0 Å². The molecule has 2 aromatic rings. The van der Waals surface area contributed by atoms with Gasteiger partial charge < -0.3 is 5.73 Å². The van der Waals surface area contributed by atoms with Crippen molar-refractivity contribution in [2.45, 2.75) is 24.8 Å². The summed E-state index contributed by atoms with van der Waals surface area (Å²) in [4.78, 5) is 0. The first-order valence-corrected chi connectivity index (χ1v) is 6.66. The Kier molecular flexibility index (Phi) is 6.30. The summed E-state index contributed by atoms with van der Waals surface area (Å²) in [5.74, 6) is 0. The van der Waals surface area contributed by atoms with E-state index in [1.54, 1.807) is 0 Å². The van der Waals surface area contributed by atoms with Crippen molar-refractivity contribution in [3.8, 4) is 11.1 Å². The summed E-state index contributed by atoms with van der Waals surface area (Å²) in [5, 5.41) is 0. The summed E-state index contributed by atoms with van der Waals surface area (Å²) in [5.41, 5.74) is 6.19. The maximum absolute atomic E-state index is 12.5. The predicted molar refractivity (Wildman–Crippen MR) is 81.7 cm³/mol. The van der Waals surface area contributed by atoms with E-state index in [9.17, 15) is 26.3 Å². The molecule has 0 fully saturated rings. The van der Waals surface area contributed by atoms with Crippen LogP contribution < -0.4 is 5.73 Å². The van der Waals surface area contributed by atoms with E-state index in [0.29, 0.717) is 16.7 Å². The van der Waals surface area contributed by atoms with E-state index >= 15 is 0 Å². The van der Waals surface area contributed by atoms with Gasteiger partial charge in [0.1, 0.15) is 0 Å². The van der Waals surface area contributed by atoms with E-state index in [1.807, 2.05) is 0 Å². The van der Waals surface area contributed by atoms with E-state index < -0.39 is 30.4 Å². The third-order valence-electron chi connectivity index (χ3n) is 3.34. The molecule has 0 aliphatic heterocycles. The third-order valence-corrected chi connectivity index (χ3v) is 3.34. The smallest absolute Gasteiger partial charge is 0.324 e. The number of halogens is 7. The van der Waals surface area contributed by atoms with Crippen LogP contribution in [0.1, 0.15) is 23.6 Å². The highest BCUT2D eigenvalue weighted by molar-refractivity contribution is 5.85. The van der Waals surface area contributed by atoms with Gasteiger partial charge >= 0.3 is 12.4 Å². The van der Waals surface area contributed by atoms with Crippen molar-refractivity contribution >= 4 is 12.4 Å². The second-order valence-electron chi connectivity index (χ2n) is 5.12. The number of hydrogen-bond acceptors (Lipinski definition) is 1. The van der Waals surface area contributed by atoms with Gasteiger partial charge in [-0.05, 0) is 28.8 Å². The Labute approximate surface area is 140 Å². The minimum atomic E-state index is -4.41. The van der Waals surface area contributed by atoms with E-state index in [-0.39, 0.29) is 12.4 Å². The molecule has 0 aromatic heterocycles. The lowest BCUT2D eigenvalue weighted by molar-refractivity contribution is -0.139. The lowest BCUT2D eigenvalue weighted by atomic mass is 9.99. The zero-order valence-corrected chi connectivity index (χ0v) is 13.0. The molecule has 0 heterocycles. The highest BCUT2D eigenvalue weighted by Crippen LogP contribution is 2.32. The molecule has 2 aromatic carbocycles. The Balaban J connectivity index is 0.00000288. The van der Waals surface area contributed by atoms with Gasteiger partial charge in [-0.15, -0.1) is 12.4 Å². The van der Waals surface area contributed by atoms with Crippen molar-refractivity contribution in [3.05, 3.63) is 59.7 Å². The van der Waals surface area contributed by atoms with Gasteiger partial charge in [-0.2, -0.15) is 26.3 Å². The van der Waals surface area contributed by atoms with Crippen molar-refractivity contribution < 1.29 is 26.3 Å². The molecule has 0 saturated heterocycles. The van der Waals surface area contributed by atoms with Crippen molar-refractivity contribution in [2.75, 3.05) is 0 Å². The van der Waals surface area contributed by atoms with Crippen LogP contribution in [0.4, 0.5) is 26.3 Å². The Morgan fingerprint density at radius 2 is 1.17 bits per heavy atom. The van der Waals surface area contributed by atoms with Crippen molar-refractivity contribution in [1.29, 1.82) is 0 Å². The molecular formula is C16H14ClF6N. The second kappa shape index (κ2) is 7.44. The highest BCUT2D eigenvalue weighted by atomic mass is 35.5. The van der Waals surface area contributed by atoms with E-state index in [4.69, 9.17) is 5.73 Å². The molecule has 2 rings (SSSR count). The van der Waals surface area contributed by atoms with Crippen LogP contribution >= 0.6 is 12.4 Å². The molecule has 0 saturated carbocycles. The first-order chi connectivity index (χ1) is 10.6. The molecule has 0 bridgehead atoms. The van der Waals surface area contributed by atoms with Crippen molar-refractivity contribution in [2.24, 2.45) is 5.73 Å². The van der Waals surface area contributed by atoms with Gasteiger partial charge in [-0.1, -0.05) is 36.4 Å². The molecule has 0 unspecified atom stereocenters. The molecule has 8 heteroatoms. The average Bonchev–Trinajstić information content (AvgIpc) is 2.45. The van der Waals surface area contributed by atoms with E-state index in [2.05, 4.69) is 0 Å². The standard InChI is InChI=1S/C16H13F6N.ClH/c17-15(18,19)9-14(23)12-3-1-10(2-4-12)11-5-7-13(8-6-11)16(20,21)22;/h1-8,14H,9,23H2;1H/t14-;/m0./s1. The van der Waals surface area contributed by atoms with Crippen LogP contribution in [0.15, 0.2) is 48.5 Å². The minimum Gasteiger partial charge on any atom is -0.324 e. The quantitative estimate of drug-likeness (QED) is 0.685. The molecule has 24 heavy (non-hydrogen) atoms. The van der Waals surface area contributed by atoms with E-state index in [1.165, 1.54) is 36.4 Å². The molecule has 0 amide bonds. The van der Waals surface area contributed by atoms with Crippen LogP contribution in [-0.4, -0.2) is 6.18 Å². The van der Waals surface area contributed by atoms with Gasteiger partial charge in [-0.3, -0.25) is 0 Å². The summed E-state index contributed by atoms with van der Waals surface area (Å²) >= 11 is 0. The van der Waals surface area contributed by atoms with Gasteiger partial charge in [0.2, 0.25) is 0 Å². The molecule has 0 aliphatic rings. The molecule has 0 spiro atoms. The maximum Gasteiger partial charge on any atom is 0.416 e. The van der Waals surface area contributed by atoms with Crippen molar-refractivity contribution in [1.82, 2.24) is 0 Å². The highest BCUT2D eigenvalue weighted by Gasteiger charge is 2.31. The van der Waals surface area contributed by atoms with Crippen LogP contribution in [0, 0.1) is 0 Å². The summed E-state index contributed by atoms with van der Waals surface area (Å²) in [6, 6.07) is 9.34. The number of rotatable bonds is 3. The molecule has 0 radical (unpaired) electrons. The molecular weight excluding hydrogens is 356 g/mol. The lowest BCUT2D eigenvalue weighted by Crippen LogP contribution is -2.20. The molecule has 1 atom stereocenters. The first-order valence-electron chi connectivity index (χ1n) is 6.66. The summed E-state index contributed by atoms with van der Waals surface area (Å²) in [6.07, 6.45) is -9.90. The summed E-state index contributed by atoms with van der Waals surface area (Å²) in [6.45, 7) is 0. The zero-order chi connectivity index (χ0) is 17.3. The largest absolute Gasteiger partial charge is 0.416 e.